The Morgan fingerprint density at radius 3 is 2.42 bits per heavy atom. The molecule has 5 rings (SSSR count). The minimum absolute atomic E-state index is 0.149. The Labute approximate surface area is 190 Å². The molecule has 3 fully saturated rings. The highest BCUT2D eigenvalue weighted by atomic mass is 16.2. The zero-order valence-electron chi connectivity index (χ0n) is 18.3. The molecule has 12 nitrogen and oxygen atoms in total. The molecule has 174 valence electrons. The van der Waals surface area contributed by atoms with Crippen molar-refractivity contribution >= 4 is 41.3 Å². The van der Waals surface area contributed by atoms with Crippen LogP contribution in [0.15, 0.2) is 18.0 Å². The van der Waals surface area contributed by atoms with Crippen LogP contribution in [0.4, 0.5) is 21.2 Å². The van der Waals surface area contributed by atoms with Gasteiger partial charge in [0.25, 0.3) is 5.91 Å². The van der Waals surface area contributed by atoms with Crippen molar-refractivity contribution in [1.82, 2.24) is 35.9 Å². The number of hydrogen-bond donors (Lipinski definition) is 6. The molecule has 2 aromatic rings. The molecule has 12 heteroatoms. The zero-order chi connectivity index (χ0) is 22.9. The van der Waals surface area contributed by atoms with Gasteiger partial charge in [-0.3, -0.25) is 10.1 Å². The fourth-order valence-corrected chi connectivity index (χ4v) is 4.18. The highest BCUT2D eigenvalue weighted by Gasteiger charge is 2.26. The molecule has 3 heterocycles. The van der Waals surface area contributed by atoms with Gasteiger partial charge >= 0.3 is 12.1 Å². The van der Waals surface area contributed by atoms with Crippen LogP contribution in [-0.2, 0) is 4.79 Å². The first-order valence-electron chi connectivity index (χ1n) is 11.2. The number of rotatable bonds is 6. The van der Waals surface area contributed by atoms with Crippen molar-refractivity contribution in [3.05, 3.63) is 23.5 Å². The number of imide groups is 1. The first kappa shape index (κ1) is 21.0. The molecule has 6 N–H and O–H groups in total. The molecule has 5 amide bonds. The van der Waals surface area contributed by atoms with Crippen LogP contribution >= 0.6 is 0 Å². The van der Waals surface area contributed by atoms with E-state index >= 15 is 0 Å². The van der Waals surface area contributed by atoms with Crippen LogP contribution in [0.3, 0.4) is 0 Å². The lowest BCUT2D eigenvalue weighted by atomic mass is 9.91. The molecular weight excluding hydrogens is 426 g/mol. The molecule has 0 unspecified atom stereocenters. The van der Waals surface area contributed by atoms with Gasteiger partial charge in [-0.2, -0.15) is 9.61 Å². The van der Waals surface area contributed by atoms with Gasteiger partial charge in [-0.05, 0) is 44.6 Å². The summed E-state index contributed by atoms with van der Waals surface area (Å²) in [5, 5.41) is 21.7. The molecular formula is C21H27N9O3. The van der Waals surface area contributed by atoms with E-state index in [1.165, 1.54) is 0 Å². The number of anilines is 2. The largest absolute Gasteiger partial charge is 0.367 e. The molecule has 1 aliphatic heterocycles. The monoisotopic (exact) mass is 453 g/mol. The minimum atomic E-state index is -0.546. The number of fused-ring (bicyclic) bond motifs is 1. The fraction of sp³-hybridized carbons (Fsp3) is 0.476. The van der Waals surface area contributed by atoms with Crippen molar-refractivity contribution < 1.29 is 14.4 Å². The summed E-state index contributed by atoms with van der Waals surface area (Å²) in [6.07, 6.45) is 9.03. The minimum Gasteiger partial charge on any atom is -0.367 e. The van der Waals surface area contributed by atoms with Gasteiger partial charge in [0, 0.05) is 36.8 Å². The molecule has 2 saturated carbocycles. The molecule has 3 aliphatic rings. The van der Waals surface area contributed by atoms with Crippen LogP contribution in [0, 0.1) is 0 Å². The third kappa shape index (κ3) is 4.69. The topological polar surface area (TPSA) is 154 Å². The highest BCUT2D eigenvalue weighted by molar-refractivity contribution is 6.14. The lowest BCUT2D eigenvalue weighted by molar-refractivity contribution is -0.115. The third-order valence-electron chi connectivity index (χ3n) is 6.09. The SMILES string of the molecule is CNC(=O)N[C@H]1CC[C@H](Nc2cc(NC3CC3)n3ncc(/C=C4\NC(=O)NC4=O)c3n2)CC1. The second kappa shape index (κ2) is 8.60. The van der Waals surface area contributed by atoms with E-state index in [-0.39, 0.29) is 23.8 Å². The predicted octanol–water partition coefficient (Wildman–Crippen LogP) is 1.14. The average Bonchev–Trinajstić information content (AvgIpc) is 3.43. The Balaban J connectivity index is 1.37. The van der Waals surface area contributed by atoms with E-state index in [0.29, 0.717) is 23.1 Å². The van der Waals surface area contributed by atoms with Crippen LogP contribution in [0.25, 0.3) is 11.7 Å². The van der Waals surface area contributed by atoms with Gasteiger partial charge in [0.05, 0.1) is 6.20 Å². The molecule has 0 atom stereocenters. The molecule has 2 aromatic heterocycles. The number of amides is 5. The summed E-state index contributed by atoms with van der Waals surface area (Å²) >= 11 is 0. The van der Waals surface area contributed by atoms with E-state index in [2.05, 4.69) is 37.0 Å². The fourth-order valence-electron chi connectivity index (χ4n) is 4.18. The quantitative estimate of drug-likeness (QED) is 0.283. The van der Waals surface area contributed by atoms with Gasteiger partial charge < -0.3 is 26.6 Å². The summed E-state index contributed by atoms with van der Waals surface area (Å²) in [6.45, 7) is 0. The van der Waals surface area contributed by atoms with Crippen LogP contribution in [-0.4, -0.2) is 57.7 Å². The number of aromatic nitrogens is 3. The summed E-state index contributed by atoms with van der Waals surface area (Å²) in [4.78, 5) is 39.7. The van der Waals surface area contributed by atoms with E-state index in [1.807, 2.05) is 6.07 Å². The van der Waals surface area contributed by atoms with E-state index < -0.39 is 11.9 Å². The van der Waals surface area contributed by atoms with E-state index in [0.717, 1.165) is 44.3 Å². The Morgan fingerprint density at radius 2 is 1.76 bits per heavy atom. The first-order chi connectivity index (χ1) is 16.0. The number of nitrogens with one attached hydrogen (secondary N) is 6. The average molecular weight is 454 g/mol. The van der Waals surface area contributed by atoms with Gasteiger partial charge in [-0.25, -0.2) is 14.6 Å². The van der Waals surface area contributed by atoms with E-state index in [1.54, 1.807) is 23.8 Å². The van der Waals surface area contributed by atoms with Crippen LogP contribution in [0.5, 0.6) is 0 Å². The number of urea groups is 2. The van der Waals surface area contributed by atoms with E-state index in [9.17, 15) is 14.4 Å². The van der Waals surface area contributed by atoms with Gasteiger partial charge in [-0.15, -0.1) is 0 Å². The van der Waals surface area contributed by atoms with Crippen molar-refractivity contribution in [2.75, 3.05) is 17.7 Å². The van der Waals surface area contributed by atoms with Crippen LogP contribution in [0.1, 0.15) is 44.1 Å². The van der Waals surface area contributed by atoms with Crippen LogP contribution < -0.4 is 31.9 Å². The lowest BCUT2D eigenvalue weighted by Crippen LogP contribution is -2.43. The predicted molar refractivity (Wildman–Crippen MR) is 122 cm³/mol. The number of carbonyl (C=O) groups is 3. The standard InChI is InChI=1S/C21H27N9O3/c1-22-20(32)26-14-6-2-12(3-7-14)24-16-9-17(25-13-4-5-13)30-18(28-16)11(10-23-30)8-15-19(31)29-21(33)27-15/h8-10,12-14,25H,2-7H2,1H3,(H,24,28)(H2,22,26,32)(H2,27,29,31,33)/b15-8-/t12-,14-. The van der Waals surface area contributed by atoms with Gasteiger partial charge in [0.15, 0.2) is 5.65 Å². The summed E-state index contributed by atoms with van der Waals surface area (Å²) < 4.78 is 1.72. The summed E-state index contributed by atoms with van der Waals surface area (Å²) in [6, 6.07) is 2.08. The van der Waals surface area contributed by atoms with Gasteiger partial charge in [0.1, 0.15) is 17.3 Å². The number of hydrogen-bond acceptors (Lipinski definition) is 7. The second-order valence-electron chi connectivity index (χ2n) is 8.66. The Morgan fingerprint density at radius 1 is 1.06 bits per heavy atom. The number of nitrogens with zero attached hydrogens (tertiary/aromatic N) is 3. The Kier molecular flexibility index (Phi) is 5.48. The lowest BCUT2D eigenvalue weighted by Gasteiger charge is -2.30. The Bertz CT molecular complexity index is 1130. The molecule has 0 spiro atoms. The van der Waals surface area contributed by atoms with Crippen molar-refractivity contribution in [3.63, 3.8) is 0 Å². The maximum Gasteiger partial charge on any atom is 0.326 e. The first-order valence-corrected chi connectivity index (χ1v) is 11.2. The van der Waals surface area contributed by atoms with Crippen molar-refractivity contribution in [2.45, 2.75) is 56.7 Å². The molecule has 2 aliphatic carbocycles. The maximum absolute atomic E-state index is 11.9. The smallest absolute Gasteiger partial charge is 0.326 e. The summed E-state index contributed by atoms with van der Waals surface area (Å²) in [5.41, 5.74) is 1.37. The maximum atomic E-state index is 11.9. The summed E-state index contributed by atoms with van der Waals surface area (Å²) in [5.74, 6) is 1.06. The molecule has 1 saturated heterocycles. The van der Waals surface area contributed by atoms with Gasteiger partial charge in [-0.1, -0.05) is 0 Å². The molecule has 0 radical (unpaired) electrons. The van der Waals surface area contributed by atoms with Crippen LogP contribution in [0.2, 0.25) is 0 Å². The van der Waals surface area contributed by atoms with E-state index in [4.69, 9.17) is 4.98 Å². The Hall–Kier alpha value is -3.83. The molecule has 0 bridgehead atoms. The number of carbonyl (C=O) groups excluding carboxylic acids is 3. The molecule has 0 aromatic carbocycles. The second-order valence-corrected chi connectivity index (χ2v) is 8.66. The normalized spacial score (nSPS) is 23.8. The molecule has 33 heavy (non-hydrogen) atoms. The zero-order valence-corrected chi connectivity index (χ0v) is 18.3. The van der Waals surface area contributed by atoms with Gasteiger partial charge in [0.2, 0.25) is 0 Å². The third-order valence-corrected chi connectivity index (χ3v) is 6.09. The van der Waals surface area contributed by atoms with Crippen molar-refractivity contribution in [3.8, 4) is 0 Å². The van der Waals surface area contributed by atoms with Crippen molar-refractivity contribution in [1.29, 1.82) is 0 Å². The highest BCUT2D eigenvalue weighted by Crippen LogP contribution is 2.29. The summed E-state index contributed by atoms with van der Waals surface area (Å²) in [7, 11) is 1.62. The van der Waals surface area contributed by atoms with Crippen molar-refractivity contribution in [2.24, 2.45) is 0 Å².